The van der Waals surface area contributed by atoms with Gasteiger partial charge >= 0.3 is 0 Å². The highest BCUT2D eigenvalue weighted by Crippen LogP contribution is 2.40. The molecule has 2 atom stereocenters. The molecule has 0 radical (unpaired) electrons. The van der Waals surface area contributed by atoms with Gasteiger partial charge in [0, 0.05) is 0 Å². The maximum Gasteiger partial charge on any atom is 0.231 e. The van der Waals surface area contributed by atoms with E-state index in [4.69, 9.17) is 0 Å². The van der Waals surface area contributed by atoms with Gasteiger partial charge in [-0.15, -0.1) is 0 Å². The molecule has 108 valence electrons. The molecule has 1 fully saturated rings. The zero-order chi connectivity index (χ0) is 14.3. The minimum Gasteiger partial charge on any atom is -0.388 e. The molecule has 3 rings (SSSR count). The molecular formula is C16H20FNO2. The summed E-state index contributed by atoms with van der Waals surface area (Å²) in [5.41, 5.74) is 1.55. The van der Waals surface area contributed by atoms with E-state index in [9.17, 15) is 14.3 Å². The van der Waals surface area contributed by atoms with Crippen molar-refractivity contribution in [2.45, 2.75) is 51.0 Å². The molecule has 1 aliphatic heterocycles. The molecule has 2 unspecified atom stereocenters. The number of aliphatic hydroxyl groups excluding tert-OH is 1. The number of amides is 1. The first-order valence-corrected chi connectivity index (χ1v) is 7.40. The van der Waals surface area contributed by atoms with Crippen molar-refractivity contribution in [3.05, 3.63) is 29.1 Å². The number of anilines is 1. The van der Waals surface area contributed by atoms with E-state index in [1.54, 1.807) is 13.0 Å². The third-order valence-electron chi connectivity index (χ3n) is 4.69. The molecule has 0 aromatic heterocycles. The summed E-state index contributed by atoms with van der Waals surface area (Å²) in [5.74, 6) is -0.757. The molecule has 0 saturated heterocycles. The Morgan fingerprint density at radius 1 is 1.30 bits per heavy atom. The van der Waals surface area contributed by atoms with E-state index >= 15 is 0 Å². The van der Waals surface area contributed by atoms with Gasteiger partial charge in [-0.3, -0.25) is 4.79 Å². The van der Waals surface area contributed by atoms with Crippen LogP contribution < -0.4 is 5.32 Å². The first kappa shape index (κ1) is 13.6. The summed E-state index contributed by atoms with van der Waals surface area (Å²) in [6, 6.07) is 3.16. The number of carbonyl (C=O) groups is 1. The van der Waals surface area contributed by atoms with Crippen LogP contribution in [0.25, 0.3) is 0 Å². The molecule has 20 heavy (non-hydrogen) atoms. The van der Waals surface area contributed by atoms with Gasteiger partial charge in [0.1, 0.15) is 5.82 Å². The van der Waals surface area contributed by atoms with Gasteiger partial charge in [-0.25, -0.2) is 4.39 Å². The molecule has 1 saturated carbocycles. The molecule has 1 aliphatic carbocycles. The number of carbonyl (C=O) groups excluding carboxylic acids is 1. The van der Waals surface area contributed by atoms with Crippen LogP contribution in [0, 0.1) is 11.7 Å². The Morgan fingerprint density at radius 2 is 2.00 bits per heavy atom. The van der Waals surface area contributed by atoms with Crippen LogP contribution >= 0.6 is 0 Å². The SMILES string of the molecule is CC1C(=O)Nc2c(F)cc(C(O)C3CCCCC3)cc21. The molecule has 2 aliphatic rings. The van der Waals surface area contributed by atoms with Gasteiger partial charge in [-0.2, -0.15) is 0 Å². The molecule has 1 aromatic rings. The van der Waals surface area contributed by atoms with Crippen LogP contribution in [0.5, 0.6) is 0 Å². The first-order chi connectivity index (χ1) is 9.58. The van der Waals surface area contributed by atoms with E-state index in [2.05, 4.69) is 5.32 Å². The maximum atomic E-state index is 14.1. The Morgan fingerprint density at radius 3 is 2.70 bits per heavy atom. The zero-order valence-corrected chi connectivity index (χ0v) is 11.7. The number of halogens is 1. The fraction of sp³-hybridized carbons (Fsp3) is 0.562. The highest BCUT2D eigenvalue weighted by atomic mass is 19.1. The summed E-state index contributed by atoms with van der Waals surface area (Å²) in [5, 5.41) is 13.0. The van der Waals surface area contributed by atoms with E-state index in [1.807, 2.05) is 0 Å². The monoisotopic (exact) mass is 277 g/mol. The quantitative estimate of drug-likeness (QED) is 0.869. The lowest BCUT2D eigenvalue weighted by Gasteiger charge is -2.27. The van der Waals surface area contributed by atoms with Crippen molar-refractivity contribution in [1.82, 2.24) is 0 Å². The van der Waals surface area contributed by atoms with Crippen molar-refractivity contribution in [1.29, 1.82) is 0 Å². The summed E-state index contributed by atoms with van der Waals surface area (Å²) >= 11 is 0. The lowest BCUT2D eigenvalue weighted by atomic mass is 9.82. The summed E-state index contributed by atoms with van der Waals surface area (Å²) in [7, 11) is 0. The van der Waals surface area contributed by atoms with E-state index in [1.165, 1.54) is 12.5 Å². The van der Waals surface area contributed by atoms with Gasteiger partial charge in [-0.1, -0.05) is 25.3 Å². The van der Waals surface area contributed by atoms with Crippen molar-refractivity contribution < 1.29 is 14.3 Å². The smallest absolute Gasteiger partial charge is 0.231 e. The summed E-state index contributed by atoms with van der Waals surface area (Å²) in [6.07, 6.45) is 4.84. The lowest BCUT2D eigenvalue weighted by Crippen LogP contribution is -2.16. The first-order valence-electron chi connectivity index (χ1n) is 7.40. The highest BCUT2D eigenvalue weighted by Gasteiger charge is 2.31. The van der Waals surface area contributed by atoms with Gasteiger partial charge < -0.3 is 10.4 Å². The van der Waals surface area contributed by atoms with Gasteiger partial charge in [0.2, 0.25) is 5.91 Å². The Bertz CT molecular complexity index is 538. The van der Waals surface area contributed by atoms with Crippen LogP contribution in [-0.4, -0.2) is 11.0 Å². The largest absolute Gasteiger partial charge is 0.388 e. The van der Waals surface area contributed by atoms with Crippen LogP contribution in [0.15, 0.2) is 12.1 Å². The Hall–Kier alpha value is -1.42. The number of rotatable bonds is 2. The maximum absolute atomic E-state index is 14.1. The van der Waals surface area contributed by atoms with Gasteiger partial charge in [-0.05, 0) is 42.9 Å². The van der Waals surface area contributed by atoms with Crippen LogP contribution in [0.4, 0.5) is 10.1 Å². The number of aliphatic hydroxyl groups is 1. The second-order valence-corrected chi connectivity index (χ2v) is 6.02. The molecule has 0 spiro atoms. The van der Waals surface area contributed by atoms with Crippen LogP contribution in [0.2, 0.25) is 0 Å². The molecule has 4 heteroatoms. The average Bonchev–Trinajstić information content (AvgIpc) is 2.76. The molecule has 3 nitrogen and oxygen atoms in total. The predicted molar refractivity (Wildman–Crippen MR) is 75.0 cm³/mol. The molecule has 1 heterocycles. The normalized spacial score (nSPS) is 24.4. The standard InChI is InChI=1S/C16H20FNO2/c1-9-12-7-11(8-13(17)14(12)18-16(9)20)15(19)10-5-3-2-4-6-10/h7-10,15,19H,2-6H2,1H3,(H,18,20). The topological polar surface area (TPSA) is 49.3 Å². The molecule has 1 aromatic carbocycles. The summed E-state index contributed by atoms with van der Waals surface area (Å²) < 4.78 is 14.1. The fourth-order valence-electron chi connectivity index (χ4n) is 3.39. The number of fused-ring (bicyclic) bond motifs is 1. The molecule has 1 amide bonds. The number of benzene rings is 1. The summed E-state index contributed by atoms with van der Waals surface area (Å²) in [4.78, 5) is 11.6. The third kappa shape index (κ3) is 2.22. The highest BCUT2D eigenvalue weighted by molar-refractivity contribution is 6.02. The third-order valence-corrected chi connectivity index (χ3v) is 4.69. The van der Waals surface area contributed by atoms with Crippen molar-refractivity contribution in [3.8, 4) is 0 Å². The zero-order valence-electron chi connectivity index (χ0n) is 11.7. The Balaban J connectivity index is 1.91. The van der Waals surface area contributed by atoms with Gasteiger partial charge in [0.25, 0.3) is 0 Å². The van der Waals surface area contributed by atoms with Crippen molar-refractivity contribution >= 4 is 11.6 Å². The molecule has 0 bridgehead atoms. The number of hydrogen-bond donors (Lipinski definition) is 2. The average molecular weight is 277 g/mol. The van der Waals surface area contributed by atoms with E-state index in [0.29, 0.717) is 11.1 Å². The van der Waals surface area contributed by atoms with Crippen molar-refractivity contribution in [2.24, 2.45) is 5.92 Å². The minimum absolute atomic E-state index is 0.178. The minimum atomic E-state index is -0.627. The second-order valence-electron chi connectivity index (χ2n) is 6.02. The van der Waals surface area contributed by atoms with Crippen molar-refractivity contribution in [3.63, 3.8) is 0 Å². The molecule has 2 N–H and O–H groups in total. The van der Waals surface area contributed by atoms with E-state index < -0.39 is 11.9 Å². The molecular weight excluding hydrogens is 257 g/mol. The van der Waals surface area contributed by atoms with Gasteiger partial charge in [0.15, 0.2) is 0 Å². The van der Waals surface area contributed by atoms with E-state index in [-0.39, 0.29) is 23.4 Å². The Labute approximate surface area is 118 Å². The van der Waals surface area contributed by atoms with Gasteiger partial charge in [0.05, 0.1) is 17.7 Å². The second kappa shape index (κ2) is 5.17. The van der Waals surface area contributed by atoms with Crippen LogP contribution in [0.3, 0.4) is 0 Å². The summed E-state index contributed by atoms with van der Waals surface area (Å²) in [6.45, 7) is 1.76. The number of nitrogens with one attached hydrogen (secondary N) is 1. The fourth-order valence-corrected chi connectivity index (χ4v) is 3.39. The lowest BCUT2D eigenvalue weighted by molar-refractivity contribution is -0.116. The van der Waals surface area contributed by atoms with Crippen LogP contribution in [0.1, 0.15) is 62.2 Å². The Kier molecular flexibility index (Phi) is 3.50. The van der Waals surface area contributed by atoms with Crippen molar-refractivity contribution in [2.75, 3.05) is 5.32 Å². The van der Waals surface area contributed by atoms with E-state index in [0.717, 1.165) is 25.7 Å². The van der Waals surface area contributed by atoms with Crippen LogP contribution in [-0.2, 0) is 4.79 Å². The predicted octanol–water partition coefficient (Wildman–Crippen LogP) is 3.50. The number of hydrogen-bond acceptors (Lipinski definition) is 2.